The van der Waals surface area contributed by atoms with E-state index in [9.17, 15) is 33.9 Å². The number of aromatic amines is 1. The van der Waals surface area contributed by atoms with Gasteiger partial charge in [0.15, 0.2) is 5.82 Å². The highest BCUT2D eigenvalue weighted by Crippen LogP contribution is 2.41. The molecule has 2 aliphatic heterocycles. The molecule has 20 heteroatoms. The third-order valence-electron chi connectivity index (χ3n) is 7.48. The SMILES string of the molecule is Cn1nnnc1C(=S)C1=C(C(=O)O)N2C(=O)C(NC(=O)C(NC(=O)c3c[nH]c4cccnc4c3=O)c3cccc(NC(N)=O)c3)[C@@H]2SC1. The van der Waals surface area contributed by atoms with E-state index in [-0.39, 0.29) is 50.0 Å². The minimum Gasteiger partial charge on any atom is -0.477 e. The first-order chi connectivity index (χ1) is 23.0. The van der Waals surface area contributed by atoms with Gasteiger partial charge < -0.3 is 31.8 Å². The summed E-state index contributed by atoms with van der Waals surface area (Å²) in [7, 11) is 1.53. The molecule has 0 spiro atoms. The van der Waals surface area contributed by atoms with Crippen molar-refractivity contribution in [3.05, 3.63) is 87.2 Å². The number of carboxylic acids is 1. The summed E-state index contributed by atoms with van der Waals surface area (Å²) in [6, 6.07) is 5.50. The van der Waals surface area contributed by atoms with Crippen molar-refractivity contribution in [2.45, 2.75) is 17.5 Å². The molecule has 48 heavy (non-hydrogen) atoms. The molecule has 1 saturated heterocycles. The number of aryl methyl sites for hydroxylation is 1. The molecule has 5 heterocycles. The van der Waals surface area contributed by atoms with E-state index in [1.54, 1.807) is 12.1 Å². The van der Waals surface area contributed by atoms with Crippen LogP contribution in [0.1, 0.15) is 27.8 Å². The highest BCUT2D eigenvalue weighted by Gasteiger charge is 2.55. The fourth-order valence-corrected chi connectivity index (χ4v) is 7.04. The molecule has 6 rings (SSSR count). The Balaban J connectivity index is 1.29. The van der Waals surface area contributed by atoms with Crippen molar-refractivity contribution >= 4 is 75.3 Å². The van der Waals surface area contributed by atoms with Gasteiger partial charge in [0.25, 0.3) is 11.8 Å². The van der Waals surface area contributed by atoms with Crippen molar-refractivity contribution in [2.24, 2.45) is 12.8 Å². The van der Waals surface area contributed by atoms with Crippen LogP contribution >= 0.6 is 24.0 Å². The number of nitrogens with two attached hydrogens (primary N) is 1. The Morgan fingerprint density at radius 3 is 2.69 bits per heavy atom. The highest BCUT2D eigenvalue weighted by molar-refractivity contribution is 8.00. The van der Waals surface area contributed by atoms with E-state index in [1.807, 2.05) is 0 Å². The molecular formula is C28H23N11O7S2. The fraction of sp³-hybridized carbons (Fsp3) is 0.179. The third kappa shape index (κ3) is 5.73. The van der Waals surface area contributed by atoms with Gasteiger partial charge in [0, 0.05) is 36.5 Å². The van der Waals surface area contributed by atoms with Crippen LogP contribution in [0.15, 0.2) is 64.9 Å². The topological polar surface area (TPSA) is 260 Å². The highest BCUT2D eigenvalue weighted by atomic mass is 32.2. The number of carbonyl (C=O) groups is 5. The smallest absolute Gasteiger partial charge is 0.353 e. The number of thiocarbonyl (C=S) groups is 1. The number of hydrogen-bond donors (Lipinski definition) is 6. The number of tetrazole rings is 1. The summed E-state index contributed by atoms with van der Waals surface area (Å²) in [6.45, 7) is 0. The summed E-state index contributed by atoms with van der Waals surface area (Å²) in [6.07, 6.45) is 2.58. The Morgan fingerprint density at radius 2 is 1.98 bits per heavy atom. The number of nitrogens with zero attached hydrogens (tertiary/aromatic N) is 6. The summed E-state index contributed by atoms with van der Waals surface area (Å²) < 4.78 is 1.27. The number of fused-ring (bicyclic) bond motifs is 2. The van der Waals surface area contributed by atoms with E-state index in [1.165, 1.54) is 48.4 Å². The van der Waals surface area contributed by atoms with Gasteiger partial charge in [-0.25, -0.2) is 14.3 Å². The van der Waals surface area contributed by atoms with E-state index in [2.05, 4.69) is 41.4 Å². The molecule has 0 aliphatic carbocycles. The summed E-state index contributed by atoms with van der Waals surface area (Å²) in [5, 5.41) is 27.8. The maximum Gasteiger partial charge on any atom is 0.353 e. The molecule has 1 fully saturated rings. The molecule has 4 aromatic rings. The number of aromatic nitrogens is 6. The molecular weight excluding hydrogens is 667 g/mol. The lowest BCUT2D eigenvalue weighted by molar-refractivity contribution is -0.150. The Hall–Kier alpha value is -6.02. The Bertz CT molecular complexity index is 2150. The predicted molar refractivity (Wildman–Crippen MR) is 172 cm³/mol. The molecule has 0 bridgehead atoms. The maximum absolute atomic E-state index is 13.9. The normalized spacial score (nSPS) is 17.6. The Kier molecular flexibility index (Phi) is 8.41. The van der Waals surface area contributed by atoms with Gasteiger partial charge in [-0.2, -0.15) is 0 Å². The van der Waals surface area contributed by atoms with E-state index in [4.69, 9.17) is 18.0 Å². The lowest BCUT2D eigenvalue weighted by Gasteiger charge is -2.49. The van der Waals surface area contributed by atoms with E-state index >= 15 is 0 Å². The first-order valence-electron chi connectivity index (χ1n) is 13.9. The second-order valence-electron chi connectivity index (χ2n) is 10.4. The number of carbonyl (C=O) groups excluding carboxylic acids is 4. The average molecular weight is 690 g/mol. The number of amides is 5. The zero-order valence-corrected chi connectivity index (χ0v) is 26.2. The predicted octanol–water partition coefficient (Wildman–Crippen LogP) is -0.435. The van der Waals surface area contributed by atoms with Gasteiger partial charge in [-0.15, -0.1) is 16.9 Å². The van der Waals surface area contributed by atoms with Crippen LogP contribution in [-0.4, -0.2) is 91.9 Å². The van der Waals surface area contributed by atoms with Crippen molar-refractivity contribution in [3.63, 3.8) is 0 Å². The molecule has 3 aromatic heterocycles. The van der Waals surface area contributed by atoms with Crippen LogP contribution in [-0.2, 0) is 21.4 Å². The zero-order chi connectivity index (χ0) is 34.3. The molecule has 7 N–H and O–H groups in total. The molecule has 2 unspecified atom stereocenters. The lowest BCUT2D eigenvalue weighted by atomic mass is 9.99. The molecule has 0 saturated carbocycles. The number of hydrogen-bond acceptors (Lipinski definition) is 12. The first kappa shape index (κ1) is 31.9. The van der Waals surface area contributed by atoms with Gasteiger partial charge in [-0.1, -0.05) is 24.4 Å². The minimum absolute atomic E-state index is 0.00450. The van der Waals surface area contributed by atoms with Crippen LogP contribution in [0.4, 0.5) is 10.5 Å². The first-order valence-corrected chi connectivity index (χ1v) is 15.3. The van der Waals surface area contributed by atoms with Crippen molar-refractivity contribution in [3.8, 4) is 0 Å². The van der Waals surface area contributed by atoms with Crippen molar-refractivity contribution in [1.82, 2.24) is 45.7 Å². The molecule has 0 radical (unpaired) electrons. The zero-order valence-electron chi connectivity index (χ0n) is 24.5. The van der Waals surface area contributed by atoms with Crippen molar-refractivity contribution < 1.29 is 29.1 Å². The lowest BCUT2D eigenvalue weighted by Crippen LogP contribution is -2.71. The second-order valence-corrected chi connectivity index (χ2v) is 11.9. The van der Waals surface area contributed by atoms with Crippen LogP contribution in [0.5, 0.6) is 0 Å². The average Bonchev–Trinajstić information content (AvgIpc) is 3.50. The summed E-state index contributed by atoms with van der Waals surface area (Å²) in [5.74, 6) is -3.73. The van der Waals surface area contributed by atoms with E-state index < -0.39 is 52.6 Å². The van der Waals surface area contributed by atoms with Crippen LogP contribution < -0.4 is 27.1 Å². The van der Waals surface area contributed by atoms with Crippen LogP contribution in [0.25, 0.3) is 11.0 Å². The number of urea groups is 1. The van der Waals surface area contributed by atoms with Gasteiger partial charge in [0.2, 0.25) is 11.3 Å². The quantitative estimate of drug-likeness (QED) is 0.0741. The van der Waals surface area contributed by atoms with Crippen molar-refractivity contribution in [2.75, 3.05) is 11.1 Å². The number of H-pyrrole nitrogens is 1. The number of nitrogens with one attached hydrogen (secondary N) is 4. The van der Waals surface area contributed by atoms with Crippen molar-refractivity contribution in [1.29, 1.82) is 0 Å². The molecule has 5 amide bonds. The number of primary amides is 1. The molecule has 244 valence electrons. The fourth-order valence-electron chi connectivity index (χ4n) is 5.25. The summed E-state index contributed by atoms with van der Waals surface area (Å²) >= 11 is 6.62. The van der Waals surface area contributed by atoms with Gasteiger partial charge >= 0.3 is 12.0 Å². The van der Waals surface area contributed by atoms with Gasteiger partial charge in [-0.3, -0.25) is 29.1 Å². The number of thioether (sulfide) groups is 1. The summed E-state index contributed by atoms with van der Waals surface area (Å²) in [5.41, 5.74) is 4.78. The van der Waals surface area contributed by atoms with Gasteiger partial charge in [0.1, 0.15) is 34.2 Å². The van der Waals surface area contributed by atoms with E-state index in [0.717, 1.165) is 16.7 Å². The van der Waals surface area contributed by atoms with Crippen LogP contribution in [0.2, 0.25) is 0 Å². The molecule has 1 aromatic carbocycles. The number of pyridine rings is 2. The van der Waals surface area contributed by atoms with Gasteiger partial charge in [-0.05, 0) is 40.3 Å². The minimum atomic E-state index is -1.50. The second kappa shape index (κ2) is 12.6. The summed E-state index contributed by atoms with van der Waals surface area (Å²) in [4.78, 5) is 85.6. The monoisotopic (exact) mass is 689 g/mol. The molecule has 18 nitrogen and oxygen atoms in total. The molecule has 3 atom stereocenters. The third-order valence-corrected chi connectivity index (χ3v) is 9.18. The number of rotatable bonds is 9. The maximum atomic E-state index is 13.9. The standard InChI is InChI=1S/C28H23N11O7S2/c1-38-22(35-36-37-38)21(47)14-10-48-26-18(25(43)39(26)19(14)27(44)45)34-24(42)16(11-4-2-5-12(8-11)32-28(29)46)33-23(41)13-9-31-15-6-3-7-30-17(15)20(13)40/h2-9,16,18,26H,10H2,1H3,(H,31,40)(H,33,41)(H,34,42)(H,44,45)(H3,29,32,46)/t16?,18?,26-/m0/s1. The van der Waals surface area contributed by atoms with Crippen LogP contribution in [0.3, 0.4) is 0 Å². The number of aliphatic carboxylic acids is 1. The Labute approximate surface area is 278 Å². The van der Waals surface area contributed by atoms with E-state index in [0.29, 0.717) is 5.52 Å². The number of β-lactam (4-membered cyclic amide) rings is 1. The number of anilines is 1. The van der Waals surface area contributed by atoms with Crippen LogP contribution in [0, 0.1) is 0 Å². The molecule has 2 aliphatic rings. The number of benzene rings is 1. The largest absolute Gasteiger partial charge is 0.477 e. The number of carboxylic acid groups (broad SMARTS) is 1. The Morgan fingerprint density at radius 1 is 1.19 bits per heavy atom. The van der Waals surface area contributed by atoms with Gasteiger partial charge in [0.05, 0.1) is 10.4 Å².